The van der Waals surface area contributed by atoms with Gasteiger partial charge in [-0.3, -0.25) is 0 Å². The second-order valence-corrected chi connectivity index (χ2v) is 9.79. The van der Waals surface area contributed by atoms with Crippen molar-refractivity contribution >= 4 is 0 Å². The summed E-state index contributed by atoms with van der Waals surface area (Å²) in [6, 6.07) is 4.93. The van der Waals surface area contributed by atoms with E-state index in [0.29, 0.717) is 0 Å². The minimum Gasteiger partial charge on any atom is -0.508 e. The van der Waals surface area contributed by atoms with Crippen molar-refractivity contribution in [2.24, 2.45) is 23.7 Å². The van der Waals surface area contributed by atoms with E-state index in [1.165, 1.54) is 83.1 Å². The molecule has 2 heteroatoms. The lowest BCUT2D eigenvalue weighted by atomic mass is 9.68. The van der Waals surface area contributed by atoms with E-state index in [-0.39, 0.29) is 11.5 Å². The van der Waals surface area contributed by atoms with Gasteiger partial charge < -0.3 is 10.2 Å². The van der Waals surface area contributed by atoms with Crippen LogP contribution in [0, 0.1) is 23.7 Å². The lowest BCUT2D eigenvalue weighted by Gasteiger charge is -2.37. The average Bonchev–Trinajstić information content (AvgIpc) is 2.75. The maximum Gasteiger partial charge on any atom is 0.119 e. The highest BCUT2D eigenvalue weighted by Crippen LogP contribution is 2.39. The van der Waals surface area contributed by atoms with Gasteiger partial charge in [-0.05, 0) is 54.2 Å². The number of aromatic hydroxyl groups is 2. The summed E-state index contributed by atoms with van der Waals surface area (Å²) < 4.78 is 0. The quantitative estimate of drug-likeness (QED) is 0.227. The number of aryl methyl sites for hydroxylation is 1. The second-order valence-electron chi connectivity index (χ2n) is 9.79. The van der Waals surface area contributed by atoms with Crippen molar-refractivity contribution in [1.82, 2.24) is 0 Å². The van der Waals surface area contributed by atoms with Gasteiger partial charge in [0.15, 0.2) is 0 Å². The molecule has 2 nitrogen and oxygen atoms in total. The monoisotopic (exact) mass is 432 g/mol. The molecule has 0 aliphatic heterocycles. The molecule has 1 rings (SSSR count). The predicted molar refractivity (Wildman–Crippen MR) is 136 cm³/mol. The van der Waals surface area contributed by atoms with Crippen molar-refractivity contribution in [2.75, 3.05) is 0 Å². The minimum atomic E-state index is 0.163. The van der Waals surface area contributed by atoms with Crippen molar-refractivity contribution in [1.29, 1.82) is 0 Å². The first kappa shape index (κ1) is 27.9. The normalized spacial score (nSPS) is 15.5. The predicted octanol–water partition coefficient (Wildman–Crippen LogP) is 9.28. The minimum absolute atomic E-state index is 0.163. The molecule has 180 valence electrons. The maximum absolute atomic E-state index is 9.58. The molecule has 0 aliphatic rings. The number of unbranched alkanes of at least 4 members (excludes halogenated alkanes) is 5. The summed E-state index contributed by atoms with van der Waals surface area (Å²) in [5.41, 5.74) is 1.04. The smallest absolute Gasteiger partial charge is 0.119 e. The molecule has 4 unspecified atom stereocenters. The zero-order valence-electron chi connectivity index (χ0n) is 21.3. The lowest BCUT2D eigenvalue weighted by Crippen LogP contribution is -2.28. The molecule has 2 N–H and O–H groups in total. The Morgan fingerprint density at radius 2 is 1.06 bits per heavy atom. The fourth-order valence-corrected chi connectivity index (χ4v) is 6.03. The number of phenolic OH excluding ortho intramolecular Hbond substituents is 2. The summed E-state index contributed by atoms with van der Waals surface area (Å²) in [7, 11) is 0. The zero-order chi connectivity index (χ0) is 23.1. The Morgan fingerprint density at radius 1 is 0.581 bits per heavy atom. The Morgan fingerprint density at radius 3 is 1.55 bits per heavy atom. The molecular formula is C29H52O2. The van der Waals surface area contributed by atoms with Crippen LogP contribution in [-0.4, -0.2) is 10.2 Å². The van der Waals surface area contributed by atoms with E-state index >= 15 is 0 Å². The molecule has 1 aromatic carbocycles. The highest BCUT2D eigenvalue weighted by molar-refractivity contribution is 5.36. The van der Waals surface area contributed by atoms with E-state index in [1.54, 1.807) is 12.1 Å². The third-order valence-corrected chi connectivity index (χ3v) is 7.66. The Labute approximate surface area is 193 Å². The van der Waals surface area contributed by atoms with E-state index in [1.807, 2.05) is 0 Å². The van der Waals surface area contributed by atoms with Gasteiger partial charge in [-0.1, -0.05) is 112 Å². The highest BCUT2D eigenvalue weighted by Gasteiger charge is 2.30. The molecule has 4 atom stereocenters. The number of phenols is 2. The largest absolute Gasteiger partial charge is 0.508 e. The number of hydrogen-bond donors (Lipinski definition) is 2. The number of benzene rings is 1. The summed E-state index contributed by atoms with van der Waals surface area (Å²) in [6.07, 6.45) is 18.2. The van der Waals surface area contributed by atoms with Crippen LogP contribution in [0.25, 0.3) is 0 Å². The van der Waals surface area contributed by atoms with Gasteiger partial charge in [-0.15, -0.1) is 0 Å². The summed E-state index contributed by atoms with van der Waals surface area (Å²) >= 11 is 0. The van der Waals surface area contributed by atoms with Crippen LogP contribution in [0.4, 0.5) is 0 Å². The fourth-order valence-electron chi connectivity index (χ4n) is 6.03. The first-order valence-corrected chi connectivity index (χ1v) is 13.5. The van der Waals surface area contributed by atoms with Crippen LogP contribution in [0.2, 0.25) is 0 Å². The zero-order valence-corrected chi connectivity index (χ0v) is 21.3. The van der Waals surface area contributed by atoms with Crippen molar-refractivity contribution in [2.45, 2.75) is 125 Å². The molecule has 0 saturated carbocycles. The Hall–Kier alpha value is -1.18. The molecular weight excluding hydrogens is 380 g/mol. The Kier molecular flexibility index (Phi) is 14.8. The summed E-state index contributed by atoms with van der Waals surface area (Å²) in [6.45, 7) is 12.0. The molecule has 0 aliphatic carbocycles. The highest BCUT2D eigenvalue weighted by atomic mass is 16.3. The van der Waals surface area contributed by atoms with Gasteiger partial charge >= 0.3 is 0 Å². The van der Waals surface area contributed by atoms with E-state index in [2.05, 4.69) is 34.6 Å². The Bertz CT molecular complexity index is 548. The molecule has 0 radical (unpaired) electrons. The molecule has 0 amide bonds. The molecule has 0 fully saturated rings. The second kappa shape index (κ2) is 16.5. The van der Waals surface area contributed by atoms with Crippen molar-refractivity contribution in [3.63, 3.8) is 0 Å². The summed E-state index contributed by atoms with van der Waals surface area (Å²) in [5, 5.41) is 19.2. The Balaban J connectivity index is 2.32. The van der Waals surface area contributed by atoms with Crippen LogP contribution in [-0.2, 0) is 6.42 Å². The third-order valence-electron chi connectivity index (χ3n) is 7.66. The van der Waals surface area contributed by atoms with Crippen LogP contribution in [0.3, 0.4) is 0 Å². The first-order chi connectivity index (χ1) is 15.0. The SMILES string of the molecule is CCCC(CC)C(CC)C(CC)C(CC)CCCCCCCCc1cc(O)cc(O)c1. The summed E-state index contributed by atoms with van der Waals surface area (Å²) in [5.74, 6) is 3.97. The van der Waals surface area contributed by atoms with E-state index in [0.717, 1.165) is 42.1 Å². The standard InChI is InChI=1S/C29H52O2/c1-6-17-24(7-2)28(9-4)29(10-5)25(8-3)19-16-14-12-11-13-15-18-23-20-26(30)22-27(31)21-23/h20-22,24-25,28-31H,6-19H2,1-5H3. The average molecular weight is 433 g/mol. The van der Waals surface area contributed by atoms with Gasteiger partial charge in [-0.25, -0.2) is 0 Å². The topological polar surface area (TPSA) is 40.5 Å². The molecule has 31 heavy (non-hydrogen) atoms. The first-order valence-electron chi connectivity index (χ1n) is 13.5. The molecule has 0 heterocycles. The molecule has 0 aromatic heterocycles. The van der Waals surface area contributed by atoms with Crippen LogP contribution in [0.5, 0.6) is 11.5 Å². The van der Waals surface area contributed by atoms with Crippen molar-refractivity contribution in [3.8, 4) is 11.5 Å². The van der Waals surface area contributed by atoms with Gasteiger partial charge in [-0.2, -0.15) is 0 Å². The van der Waals surface area contributed by atoms with E-state index < -0.39 is 0 Å². The van der Waals surface area contributed by atoms with Gasteiger partial charge in [0, 0.05) is 6.07 Å². The molecule has 0 bridgehead atoms. The molecule has 0 spiro atoms. The fraction of sp³-hybridized carbons (Fsp3) is 0.793. The van der Waals surface area contributed by atoms with Gasteiger partial charge in [0.1, 0.15) is 11.5 Å². The van der Waals surface area contributed by atoms with Crippen molar-refractivity contribution < 1.29 is 10.2 Å². The number of hydrogen-bond acceptors (Lipinski definition) is 2. The van der Waals surface area contributed by atoms with E-state index in [4.69, 9.17) is 0 Å². The molecule has 0 saturated heterocycles. The third kappa shape index (κ3) is 10.3. The van der Waals surface area contributed by atoms with E-state index in [9.17, 15) is 10.2 Å². The van der Waals surface area contributed by atoms with Gasteiger partial charge in [0.2, 0.25) is 0 Å². The maximum atomic E-state index is 9.58. The van der Waals surface area contributed by atoms with Crippen LogP contribution in [0.1, 0.15) is 124 Å². The lowest BCUT2D eigenvalue weighted by molar-refractivity contribution is 0.127. The van der Waals surface area contributed by atoms with Crippen LogP contribution in [0.15, 0.2) is 18.2 Å². The summed E-state index contributed by atoms with van der Waals surface area (Å²) in [4.78, 5) is 0. The molecule has 1 aromatic rings. The number of rotatable bonds is 18. The van der Waals surface area contributed by atoms with Gasteiger partial charge in [0.05, 0.1) is 0 Å². The van der Waals surface area contributed by atoms with Gasteiger partial charge in [0.25, 0.3) is 0 Å². The van der Waals surface area contributed by atoms with Crippen LogP contribution >= 0.6 is 0 Å². The van der Waals surface area contributed by atoms with Crippen LogP contribution < -0.4 is 0 Å². The van der Waals surface area contributed by atoms with Crippen molar-refractivity contribution in [3.05, 3.63) is 23.8 Å².